The van der Waals surface area contributed by atoms with Gasteiger partial charge < -0.3 is 0 Å². The zero-order chi connectivity index (χ0) is 29.6. The van der Waals surface area contributed by atoms with E-state index in [1.807, 2.05) is 6.20 Å². The second-order valence-corrected chi connectivity index (χ2v) is 12.2. The number of hydrogen-bond acceptors (Lipinski definition) is 5. The van der Waals surface area contributed by atoms with Gasteiger partial charge in [0.2, 0.25) is 0 Å². The second-order valence-electron chi connectivity index (χ2n) is 11.7. The molecule has 4 aromatic rings. The van der Waals surface area contributed by atoms with Crippen LogP contribution in [0.3, 0.4) is 0 Å². The number of allylic oxidation sites excluding steroid dienone is 2. The molecule has 0 spiro atoms. The summed E-state index contributed by atoms with van der Waals surface area (Å²) in [5.41, 5.74) is 6.83. The predicted octanol–water partition coefficient (Wildman–Crippen LogP) is 6.64. The van der Waals surface area contributed by atoms with Crippen LogP contribution in [0.2, 0.25) is 5.02 Å². The molecule has 4 heterocycles. The topological polar surface area (TPSA) is 78.0 Å². The number of benzene rings is 2. The highest BCUT2D eigenvalue weighted by molar-refractivity contribution is 6.31. The highest BCUT2D eigenvalue weighted by atomic mass is 35.5. The fourth-order valence-electron chi connectivity index (χ4n) is 6.79. The van der Waals surface area contributed by atoms with E-state index in [2.05, 4.69) is 35.1 Å². The first-order chi connectivity index (χ1) is 20.6. The summed E-state index contributed by atoms with van der Waals surface area (Å²) in [4.78, 5) is 23.4. The largest absolute Gasteiger partial charge is 0.436 e. The van der Waals surface area contributed by atoms with Crippen molar-refractivity contribution in [3.8, 4) is 16.9 Å². The molecule has 1 saturated carbocycles. The smallest absolute Gasteiger partial charge is 0.289 e. The van der Waals surface area contributed by atoms with E-state index in [0.717, 1.165) is 53.4 Å². The molecule has 11 heteroatoms. The Morgan fingerprint density at radius 1 is 1.02 bits per heavy atom. The molecular formula is C32H24ClF3N6O. The van der Waals surface area contributed by atoms with E-state index >= 15 is 0 Å². The Hall–Kier alpha value is -4.31. The third-order valence-corrected chi connectivity index (χ3v) is 9.20. The molecule has 1 fully saturated rings. The van der Waals surface area contributed by atoms with Crippen LogP contribution in [0.25, 0.3) is 16.9 Å². The standard InChI is InChI=1S/C32H24ClF3N6O/c1-16-2-3-18-9-19(5-4-17(18)8-16)25-10-20(14-37-25)30-22-12-23(22)31-38-26(13-29(43)42(30)31)24-11-21(33)6-7-27(24)41-15-28(39-40-41)32(34,35)36/h4-7,9,11,13-15,22-23,30H,1-3,8,10,12H2. The number of halogens is 4. The summed E-state index contributed by atoms with van der Waals surface area (Å²) in [7, 11) is 0. The molecule has 3 atom stereocenters. The van der Waals surface area contributed by atoms with Gasteiger partial charge in [0.1, 0.15) is 5.82 Å². The molecule has 3 unspecified atom stereocenters. The molecule has 8 rings (SSSR count). The molecule has 2 aliphatic heterocycles. The molecule has 0 saturated heterocycles. The first-order valence-corrected chi connectivity index (χ1v) is 14.5. The molecule has 2 aliphatic carbocycles. The van der Waals surface area contributed by atoms with E-state index in [4.69, 9.17) is 21.6 Å². The predicted molar refractivity (Wildman–Crippen MR) is 156 cm³/mol. The Balaban J connectivity index is 1.11. The molecule has 0 N–H and O–H groups in total. The van der Waals surface area contributed by atoms with Crippen molar-refractivity contribution in [3.05, 3.63) is 116 Å². The summed E-state index contributed by atoms with van der Waals surface area (Å²) in [6.07, 6.45) is 2.59. The van der Waals surface area contributed by atoms with Gasteiger partial charge in [0.05, 0.1) is 29.3 Å². The van der Waals surface area contributed by atoms with Gasteiger partial charge in [-0.2, -0.15) is 13.2 Å². The molecule has 0 amide bonds. The molecule has 2 aromatic carbocycles. The lowest BCUT2D eigenvalue weighted by Gasteiger charge is -2.20. The van der Waals surface area contributed by atoms with Gasteiger partial charge in [-0.25, -0.2) is 9.67 Å². The monoisotopic (exact) mass is 600 g/mol. The molecule has 0 bridgehead atoms. The SMILES string of the molecule is C=C1CCc2cc(C3=NC=C(C4C5CC5c5nc(-c6cc(Cl)ccc6-n6cc(C(F)(F)F)nn6)cc(=O)n54)C3)ccc2C1. The van der Waals surface area contributed by atoms with Crippen molar-refractivity contribution in [2.75, 3.05) is 0 Å². The molecule has 43 heavy (non-hydrogen) atoms. The molecule has 7 nitrogen and oxygen atoms in total. The lowest BCUT2D eigenvalue weighted by molar-refractivity contribution is -0.141. The van der Waals surface area contributed by atoms with Crippen LogP contribution >= 0.6 is 11.6 Å². The average Bonchev–Trinajstić information content (AvgIpc) is 3.30. The Morgan fingerprint density at radius 3 is 2.70 bits per heavy atom. The molecule has 2 aromatic heterocycles. The fourth-order valence-corrected chi connectivity index (χ4v) is 6.96. The number of alkyl halides is 3. The summed E-state index contributed by atoms with van der Waals surface area (Å²) in [5, 5.41) is 7.30. The number of rotatable bonds is 4. The van der Waals surface area contributed by atoms with E-state index in [0.29, 0.717) is 28.5 Å². The Morgan fingerprint density at radius 2 is 1.88 bits per heavy atom. The Bertz CT molecular complexity index is 1990. The number of hydrogen-bond donors (Lipinski definition) is 0. The lowest BCUT2D eigenvalue weighted by Crippen LogP contribution is -2.27. The molecule has 216 valence electrons. The zero-order valence-corrected chi connectivity index (χ0v) is 23.5. The highest BCUT2D eigenvalue weighted by Gasteiger charge is 2.55. The van der Waals surface area contributed by atoms with Crippen molar-refractivity contribution in [1.29, 1.82) is 0 Å². The van der Waals surface area contributed by atoms with Crippen molar-refractivity contribution < 1.29 is 13.2 Å². The summed E-state index contributed by atoms with van der Waals surface area (Å²) < 4.78 is 42.4. The number of aromatic nitrogens is 5. The van der Waals surface area contributed by atoms with E-state index < -0.39 is 11.9 Å². The van der Waals surface area contributed by atoms with Crippen LogP contribution in [-0.4, -0.2) is 30.3 Å². The molecular weight excluding hydrogens is 577 g/mol. The minimum Gasteiger partial charge on any atom is -0.289 e. The van der Waals surface area contributed by atoms with Gasteiger partial charge in [0.25, 0.3) is 5.56 Å². The van der Waals surface area contributed by atoms with Gasteiger partial charge in [-0.1, -0.05) is 41.1 Å². The lowest BCUT2D eigenvalue weighted by atomic mass is 9.86. The average molecular weight is 601 g/mol. The molecule has 0 radical (unpaired) electrons. The first kappa shape index (κ1) is 26.3. The third kappa shape index (κ3) is 4.38. The van der Waals surface area contributed by atoms with Crippen molar-refractivity contribution in [2.45, 2.75) is 50.2 Å². The Labute approximate surface area is 249 Å². The van der Waals surface area contributed by atoms with Crippen LogP contribution < -0.4 is 5.56 Å². The van der Waals surface area contributed by atoms with Gasteiger partial charge in [-0.3, -0.25) is 14.4 Å². The molecule has 4 aliphatic rings. The first-order valence-electron chi connectivity index (χ1n) is 14.1. The van der Waals surface area contributed by atoms with E-state index in [1.165, 1.54) is 22.8 Å². The van der Waals surface area contributed by atoms with Gasteiger partial charge in [-0.15, -0.1) is 5.10 Å². The zero-order valence-electron chi connectivity index (χ0n) is 22.8. The van der Waals surface area contributed by atoms with E-state index in [1.54, 1.807) is 22.8 Å². The second kappa shape index (κ2) is 9.34. The van der Waals surface area contributed by atoms with Crippen LogP contribution in [0.5, 0.6) is 0 Å². The van der Waals surface area contributed by atoms with Crippen LogP contribution in [0.1, 0.15) is 59.4 Å². The number of aryl methyl sites for hydroxylation is 1. The normalized spacial score (nSPS) is 22.1. The summed E-state index contributed by atoms with van der Waals surface area (Å²) in [5.74, 6) is 1.07. The minimum absolute atomic E-state index is 0.125. The van der Waals surface area contributed by atoms with E-state index in [9.17, 15) is 18.0 Å². The van der Waals surface area contributed by atoms with Crippen LogP contribution in [-0.2, 0) is 19.0 Å². The highest BCUT2D eigenvalue weighted by Crippen LogP contribution is 2.61. The van der Waals surface area contributed by atoms with Gasteiger partial charge >= 0.3 is 6.18 Å². The van der Waals surface area contributed by atoms with Gasteiger partial charge in [0, 0.05) is 35.2 Å². The number of fused-ring (bicyclic) bond motifs is 4. The summed E-state index contributed by atoms with van der Waals surface area (Å²) >= 11 is 6.28. The van der Waals surface area contributed by atoms with Crippen molar-refractivity contribution in [1.82, 2.24) is 24.5 Å². The minimum atomic E-state index is -4.64. The summed E-state index contributed by atoms with van der Waals surface area (Å²) in [6, 6.07) is 12.5. The third-order valence-electron chi connectivity index (χ3n) is 8.97. The maximum Gasteiger partial charge on any atom is 0.436 e. The van der Waals surface area contributed by atoms with Crippen LogP contribution in [0, 0.1) is 5.92 Å². The van der Waals surface area contributed by atoms with Crippen LogP contribution in [0.15, 0.2) is 82.4 Å². The number of nitrogens with zero attached hydrogens (tertiary/aromatic N) is 6. The van der Waals surface area contributed by atoms with Gasteiger partial charge in [0.15, 0.2) is 5.69 Å². The van der Waals surface area contributed by atoms with Gasteiger partial charge in [-0.05, 0) is 78.1 Å². The van der Waals surface area contributed by atoms with Crippen LogP contribution in [0.4, 0.5) is 13.2 Å². The fraction of sp³-hybridized carbons (Fsp3) is 0.281. The number of aliphatic imine (C=N–C) groups is 1. The summed E-state index contributed by atoms with van der Waals surface area (Å²) in [6.45, 7) is 4.14. The van der Waals surface area contributed by atoms with E-state index in [-0.39, 0.29) is 29.1 Å². The van der Waals surface area contributed by atoms with Crippen molar-refractivity contribution in [3.63, 3.8) is 0 Å². The quantitative estimate of drug-likeness (QED) is 0.246. The maximum atomic E-state index is 13.7. The van der Waals surface area contributed by atoms with Crippen molar-refractivity contribution >= 4 is 17.3 Å². The Kier molecular flexibility index (Phi) is 5.72. The van der Waals surface area contributed by atoms with Crippen molar-refractivity contribution in [2.24, 2.45) is 10.9 Å². The maximum absolute atomic E-state index is 13.7.